The summed E-state index contributed by atoms with van der Waals surface area (Å²) in [7, 11) is -8.88. The quantitative estimate of drug-likeness (QED) is 0.215. The van der Waals surface area contributed by atoms with Crippen molar-refractivity contribution in [3.8, 4) is 0 Å². The number of primary amides is 1. The summed E-state index contributed by atoms with van der Waals surface area (Å²) in [6, 6.07) is 5.75. The minimum Gasteiger partial charge on any atom is -0.368 e. The summed E-state index contributed by atoms with van der Waals surface area (Å²) in [5, 5.41) is 15.2. The van der Waals surface area contributed by atoms with E-state index >= 15 is 0 Å². The van der Waals surface area contributed by atoms with Crippen LogP contribution in [0.2, 0.25) is 0 Å². The highest BCUT2D eigenvalue weighted by atomic mass is 32.2. The first-order valence-electron chi connectivity index (χ1n) is 10.1. The minimum absolute atomic E-state index is 0.177. The molecule has 15 nitrogen and oxygen atoms in total. The molecule has 0 aliphatic carbocycles. The Labute approximate surface area is 191 Å². The van der Waals surface area contributed by atoms with Crippen LogP contribution in [0.15, 0.2) is 29.4 Å². The molecule has 1 aromatic carbocycles. The third kappa shape index (κ3) is 5.03. The lowest BCUT2D eigenvalue weighted by Gasteiger charge is -2.34. The van der Waals surface area contributed by atoms with Crippen molar-refractivity contribution in [3.63, 3.8) is 0 Å². The maximum atomic E-state index is 13.1. The number of hydrogen-bond acceptors (Lipinski definition) is 10. The topological polar surface area (TPSA) is 208 Å². The zero-order chi connectivity index (χ0) is 23.8. The lowest BCUT2D eigenvalue weighted by Crippen LogP contribution is -2.58. The zero-order valence-corrected chi connectivity index (χ0v) is 19.1. The van der Waals surface area contributed by atoms with Gasteiger partial charge in [-0.2, -0.15) is 21.6 Å². The molecule has 2 fully saturated rings. The average Bonchev–Trinajstić information content (AvgIpc) is 3.43. The van der Waals surface area contributed by atoms with Crippen LogP contribution in [0.3, 0.4) is 0 Å². The van der Waals surface area contributed by atoms with Crippen LogP contribution in [0, 0.1) is 0 Å². The van der Waals surface area contributed by atoms with E-state index in [2.05, 4.69) is 26.0 Å². The van der Waals surface area contributed by atoms with Gasteiger partial charge in [0.15, 0.2) is 5.84 Å². The van der Waals surface area contributed by atoms with Crippen LogP contribution in [0.25, 0.3) is 0 Å². The summed E-state index contributed by atoms with van der Waals surface area (Å²) in [5.41, 5.74) is 8.65. The van der Waals surface area contributed by atoms with Gasteiger partial charge in [0.1, 0.15) is 6.04 Å². The van der Waals surface area contributed by atoms with Gasteiger partial charge in [0, 0.05) is 48.0 Å². The van der Waals surface area contributed by atoms with E-state index in [9.17, 15) is 21.6 Å². The summed E-state index contributed by atoms with van der Waals surface area (Å²) < 4.78 is 53.4. The number of nitrogens with zero attached hydrogens (tertiary/aromatic N) is 4. The molecule has 0 saturated carbocycles. The second kappa shape index (κ2) is 9.01. The van der Waals surface area contributed by atoms with Crippen LogP contribution in [0.4, 0.5) is 5.69 Å². The Morgan fingerprint density at radius 2 is 1.88 bits per heavy atom. The lowest BCUT2D eigenvalue weighted by molar-refractivity contribution is -0.120. The van der Waals surface area contributed by atoms with Gasteiger partial charge in [0.2, 0.25) is 5.91 Å². The highest BCUT2D eigenvalue weighted by Gasteiger charge is 2.43. The molecule has 0 bridgehead atoms. The third-order valence-electron chi connectivity index (χ3n) is 5.44. The SMILES string of the molecule is NC(=O)[C@@H]1CN(c2ccc(C3=NNN(S(N)(=O)=O)N3S(=O)(=O)N[C@@H]3CCNC3)cc2)CCN1. The Bertz CT molecular complexity index is 1130. The van der Waals surface area contributed by atoms with Gasteiger partial charge in [-0.15, -0.1) is 9.52 Å². The Hall–Kier alpha value is -2.54. The molecule has 0 unspecified atom stereocenters. The van der Waals surface area contributed by atoms with Crippen molar-refractivity contribution in [2.24, 2.45) is 16.0 Å². The predicted octanol–water partition coefficient (Wildman–Crippen LogP) is -3.95. The maximum absolute atomic E-state index is 13.1. The van der Waals surface area contributed by atoms with Crippen molar-refractivity contribution in [3.05, 3.63) is 29.8 Å². The Morgan fingerprint density at radius 1 is 1.15 bits per heavy atom. The smallest absolute Gasteiger partial charge is 0.319 e. The van der Waals surface area contributed by atoms with E-state index in [0.717, 1.165) is 5.69 Å². The molecular formula is C16H26N10O5S2. The number of amides is 1. The summed E-state index contributed by atoms with van der Waals surface area (Å²) in [5.74, 6) is -0.624. The van der Waals surface area contributed by atoms with Gasteiger partial charge in [-0.1, -0.05) is 0 Å². The fraction of sp³-hybridized carbons (Fsp3) is 0.500. The van der Waals surface area contributed by atoms with Crippen molar-refractivity contribution < 1.29 is 21.6 Å². The number of carbonyl (C=O) groups is 1. The standard InChI is InChI=1S/C16H26N10O5S2/c17-15(27)14-10-24(8-7-20-14)13-3-1-11(2-4-13)16-21-23-26(32(18,28)29)25(16)33(30,31)22-12-5-6-19-9-12/h1-4,12,14,19-20,22-23H,5-10H2,(H2,17,27)(H2,18,28,29)/t12-,14+/m1/s1. The first-order chi connectivity index (χ1) is 15.6. The number of amidine groups is 1. The van der Waals surface area contributed by atoms with Crippen molar-refractivity contribution in [2.75, 3.05) is 37.6 Å². The van der Waals surface area contributed by atoms with Crippen LogP contribution in [0.5, 0.6) is 0 Å². The van der Waals surface area contributed by atoms with Gasteiger partial charge >= 0.3 is 20.4 Å². The number of hydrazone groups is 1. The molecule has 1 amide bonds. The van der Waals surface area contributed by atoms with Gasteiger partial charge < -0.3 is 21.3 Å². The molecule has 3 heterocycles. The number of rotatable bonds is 7. The molecule has 17 heteroatoms. The zero-order valence-electron chi connectivity index (χ0n) is 17.5. The van der Waals surface area contributed by atoms with Crippen LogP contribution < -0.4 is 36.7 Å². The summed E-state index contributed by atoms with van der Waals surface area (Å²) in [6.07, 6.45) is 0.550. The number of benzene rings is 1. The Balaban J connectivity index is 1.59. The normalized spacial score (nSPS) is 24.6. The summed E-state index contributed by atoms with van der Waals surface area (Å²) in [4.78, 5) is 13.5. The predicted molar refractivity (Wildman–Crippen MR) is 119 cm³/mol. The molecule has 4 rings (SSSR count). The monoisotopic (exact) mass is 502 g/mol. The van der Waals surface area contributed by atoms with E-state index in [-0.39, 0.29) is 10.4 Å². The fourth-order valence-electron chi connectivity index (χ4n) is 3.82. The number of hydrogen-bond donors (Lipinski definition) is 6. The number of piperazine rings is 1. The first-order valence-corrected chi connectivity index (χ1v) is 13.1. The molecule has 0 radical (unpaired) electrons. The van der Waals surface area contributed by atoms with Crippen molar-refractivity contribution in [2.45, 2.75) is 18.5 Å². The molecule has 8 N–H and O–H groups in total. The first kappa shape index (κ1) is 23.6. The highest BCUT2D eigenvalue weighted by molar-refractivity contribution is 7.90. The molecule has 0 aromatic heterocycles. The molecule has 182 valence electrons. The number of carbonyl (C=O) groups excluding carboxylic acids is 1. The number of nitrogens with two attached hydrogens (primary N) is 2. The van der Waals surface area contributed by atoms with Crippen molar-refractivity contribution >= 4 is 37.8 Å². The molecule has 2 saturated heterocycles. The fourth-order valence-corrected chi connectivity index (χ4v) is 6.13. The van der Waals surface area contributed by atoms with Crippen molar-refractivity contribution in [1.82, 2.24) is 29.8 Å². The molecule has 2 atom stereocenters. The van der Waals surface area contributed by atoms with Crippen LogP contribution in [-0.4, -0.2) is 82.3 Å². The van der Waals surface area contributed by atoms with Gasteiger partial charge in [-0.3, -0.25) is 4.79 Å². The van der Waals surface area contributed by atoms with E-state index in [4.69, 9.17) is 10.9 Å². The van der Waals surface area contributed by atoms with Crippen LogP contribution in [0.1, 0.15) is 12.0 Å². The molecule has 0 spiro atoms. The van der Waals surface area contributed by atoms with E-state index in [0.29, 0.717) is 49.1 Å². The maximum Gasteiger partial charge on any atom is 0.319 e. The van der Waals surface area contributed by atoms with Gasteiger partial charge in [-0.25, -0.2) is 10.7 Å². The van der Waals surface area contributed by atoms with Gasteiger partial charge in [0.05, 0.1) is 0 Å². The van der Waals surface area contributed by atoms with E-state index in [1.165, 1.54) is 0 Å². The lowest BCUT2D eigenvalue weighted by atomic mass is 10.1. The molecule has 33 heavy (non-hydrogen) atoms. The largest absolute Gasteiger partial charge is 0.368 e. The third-order valence-corrected chi connectivity index (χ3v) is 7.69. The van der Waals surface area contributed by atoms with Gasteiger partial charge in [-0.05, 0) is 37.2 Å². The second-order valence-corrected chi connectivity index (χ2v) is 10.7. The average molecular weight is 503 g/mol. The number of anilines is 1. The molecular weight excluding hydrogens is 476 g/mol. The minimum atomic E-state index is -4.51. The number of hydrazine groups is 2. The Morgan fingerprint density at radius 3 is 2.48 bits per heavy atom. The molecule has 3 aliphatic heterocycles. The van der Waals surface area contributed by atoms with Gasteiger partial charge in [0.25, 0.3) is 0 Å². The highest BCUT2D eigenvalue weighted by Crippen LogP contribution is 2.22. The van der Waals surface area contributed by atoms with E-state index < -0.39 is 38.4 Å². The Kier molecular flexibility index (Phi) is 6.45. The van der Waals surface area contributed by atoms with E-state index in [1.54, 1.807) is 24.3 Å². The summed E-state index contributed by atoms with van der Waals surface area (Å²) in [6.45, 7) is 2.65. The number of nitrogens with one attached hydrogen (secondary N) is 4. The van der Waals surface area contributed by atoms with Crippen molar-refractivity contribution in [1.29, 1.82) is 0 Å². The summed E-state index contributed by atoms with van der Waals surface area (Å²) >= 11 is 0. The van der Waals surface area contributed by atoms with E-state index in [1.807, 2.05) is 4.90 Å². The second-order valence-electron chi connectivity index (χ2n) is 7.78. The molecule has 3 aliphatic rings. The van der Waals surface area contributed by atoms with Crippen LogP contribution in [-0.2, 0) is 25.2 Å². The molecule has 1 aromatic rings. The van der Waals surface area contributed by atoms with Crippen LogP contribution >= 0.6 is 0 Å².